The maximum absolute atomic E-state index is 11.3. The number of hydrogen-bond donors (Lipinski definition) is 0. The van der Waals surface area contributed by atoms with Crippen LogP contribution in [0.15, 0.2) is 30.5 Å². The highest BCUT2D eigenvalue weighted by Gasteiger charge is 2.04. The summed E-state index contributed by atoms with van der Waals surface area (Å²) in [6.45, 7) is 5.30. The molecule has 1 aromatic heterocycles. The molecule has 0 radical (unpaired) electrons. The number of pyridine rings is 1. The molecule has 3 nitrogen and oxygen atoms in total. The average Bonchev–Trinajstić information content (AvgIpc) is 2.19. The molecule has 0 spiro atoms. The van der Waals surface area contributed by atoms with E-state index in [9.17, 15) is 4.79 Å². The van der Waals surface area contributed by atoms with E-state index in [4.69, 9.17) is 4.74 Å². The van der Waals surface area contributed by atoms with E-state index in [-0.39, 0.29) is 5.78 Å². The predicted molar refractivity (Wildman–Crippen MR) is 54.3 cm³/mol. The van der Waals surface area contributed by atoms with Gasteiger partial charge in [-0.05, 0) is 18.1 Å². The van der Waals surface area contributed by atoms with E-state index < -0.39 is 0 Å². The fourth-order valence-corrected chi connectivity index (χ4v) is 0.973. The van der Waals surface area contributed by atoms with E-state index in [1.54, 1.807) is 26.3 Å². The van der Waals surface area contributed by atoms with Crippen molar-refractivity contribution in [1.29, 1.82) is 0 Å². The summed E-state index contributed by atoms with van der Waals surface area (Å²) in [5, 5.41) is 0. The minimum atomic E-state index is 0.0389. The van der Waals surface area contributed by atoms with Crippen molar-refractivity contribution in [2.75, 3.05) is 7.11 Å². The molecular weight excluding hydrogens is 178 g/mol. The summed E-state index contributed by atoms with van der Waals surface area (Å²) in [6, 6.07) is 3.56. The molecule has 0 aliphatic carbocycles. The third-order valence-corrected chi connectivity index (χ3v) is 1.85. The van der Waals surface area contributed by atoms with Crippen molar-refractivity contribution >= 4 is 5.78 Å². The Morgan fingerprint density at radius 3 is 2.71 bits per heavy atom. The van der Waals surface area contributed by atoms with Gasteiger partial charge in [0.05, 0.1) is 7.11 Å². The van der Waals surface area contributed by atoms with E-state index in [1.807, 2.05) is 6.07 Å². The second kappa shape index (κ2) is 4.56. The quantitative estimate of drug-likeness (QED) is 0.681. The molecule has 3 heteroatoms. The van der Waals surface area contributed by atoms with Crippen LogP contribution in [-0.2, 0) is 11.2 Å². The summed E-state index contributed by atoms with van der Waals surface area (Å²) < 4.78 is 4.91. The smallest absolute Gasteiger partial charge is 0.212 e. The molecule has 0 saturated heterocycles. The van der Waals surface area contributed by atoms with Crippen LogP contribution in [0, 0.1) is 0 Å². The van der Waals surface area contributed by atoms with Crippen molar-refractivity contribution in [3.05, 3.63) is 36.0 Å². The predicted octanol–water partition coefficient (Wildman–Crippen LogP) is 1.78. The number of rotatable bonds is 4. The van der Waals surface area contributed by atoms with E-state index in [1.165, 1.54) is 0 Å². The largest absolute Gasteiger partial charge is 0.481 e. The molecule has 0 bridgehead atoms. The van der Waals surface area contributed by atoms with Crippen LogP contribution in [0.4, 0.5) is 0 Å². The van der Waals surface area contributed by atoms with Gasteiger partial charge in [-0.2, -0.15) is 0 Å². The van der Waals surface area contributed by atoms with Crippen molar-refractivity contribution in [3.63, 3.8) is 0 Å². The summed E-state index contributed by atoms with van der Waals surface area (Å²) in [6.07, 6.45) is 1.99. The number of ketones is 1. The molecule has 0 aliphatic rings. The van der Waals surface area contributed by atoms with Gasteiger partial charge in [0, 0.05) is 18.7 Å². The summed E-state index contributed by atoms with van der Waals surface area (Å²) in [5.74, 6) is 0.591. The Balaban J connectivity index is 2.69. The van der Waals surface area contributed by atoms with Crippen LogP contribution in [0.5, 0.6) is 5.88 Å². The molecule has 14 heavy (non-hydrogen) atoms. The molecule has 0 saturated carbocycles. The average molecular weight is 191 g/mol. The summed E-state index contributed by atoms with van der Waals surface area (Å²) in [5.41, 5.74) is 1.44. The zero-order valence-electron chi connectivity index (χ0n) is 8.41. The highest BCUT2D eigenvalue weighted by molar-refractivity contribution is 5.95. The molecule has 0 aliphatic heterocycles. The number of allylic oxidation sites excluding steroid dienone is 1. The number of nitrogens with zero attached hydrogens (tertiary/aromatic N) is 1. The summed E-state index contributed by atoms with van der Waals surface area (Å²) in [7, 11) is 1.56. The lowest BCUT2D eigenvalue weighted by Gasteiger charge is -2.01. The van der Waals surface area contributed by atoms with E-state index >= 15 is 0 Å². The molecule has 1 heterocycles. The first-order chi connectivity index (χ1) is 6.63. The number of ether oxygens (including phenoxy) is 1. The molecule has 0 atom stereocenters. The topological polar surface area (TPSA) is 39.2 Å². The minimum absolute atomic E-state index is 0.0389. The number of methoxy groups -OCH3 is 1. The van der Waals surface area contributed by atoms with Crippen LogP contribution in [-0.4, -0.2) is 17.9 Å². The van der Waals surface area contributed by atoms with Crippen molar-refractivity contribution in [1.82, 2.24) is 4.98 Å². The number of carbonyl (C=O) groups excluding carboxylic acids is 1. The third kappa shape index (κ3) is 2.69. The maximum atomic E-state index is 11.3. The number of hydrogen-bond acceptors (Lipinski definition) is 3. The van der Waals surface area contributed by atoms with Gasteiger partial charge in [0.2, 0.25) is 5.88 Å². The van der Waals surface area contributed by atoms with Gasteiger partial charge in [-0.25, -0.2) is 4.98 Å². The monoisotopic (exact) mass is 191 g/mol. The SMILES string of the molecule is C=C(C)C(=O)Cc1ccc(OC)nc1. The lowest BCUT2D eigenvalue weighted by atomic mass is 10.1. The summed E-state index contributed by atoms with van der Waals surface area (Å²) in [4.78, 5) is 15.3. The highest BCUT2D eigenvalue weighted by Crippen LogP contribution is 2.08. The second-order valence-corrected chi connectivity index (χ2v) is 3.09. The molecule has 1 rings (SSSR count). The van der Waals surface area contributed by atoms with Crippen LogP contribution in [0.2, 0.25) is 0 Å². The van der Waals surface area contributed by atoms with E-state index in [0.29, 0.717) is 17.9 Å². The summed E-state index contributed by atoms with van der Waals surface area (Å²) >= 11 is 0. The first-order valence-electron chi connectivity index (χ1n) is 4.31. The molecule has 0 N–H and O–H groups in total. The number of aromatic nitrogens is 1. The molecule has 74 valence electrons. The van der Waals surface area contributed by atoms with Crippen LogP contribution < -0.4 is 4.74 Å². The van der Waals surface area contributed by atoms with Crippen molar-refractivity contribution in [3.8, 4) is 5.88 Å². The maximum Gasteiger partial charge on any atom is 0.212 e. The Morgan fingerprint density at radius 2 is 2.29 bits per heavy atom. The molecule has 1 aromatic rings. The number of Topliss-reactive ketones (excluding diaryl/α,β-unsaturated/α-hetero) is 1. The Morgan fingerprint density at radius 1 is 1.57 bits per heavy atom. The second-order valence-electron chi connectivity index (χ2n) is 3.09. The standard InChI is InChI=1S/C11H13NO2/c1-8(2)10(13)6-9-4-5-11(14-3)12-7-9/h4-5,7H,1,6H2,2-3H3. The van der Waals surface area contributed by atoms with Gasteiger partial charge < -0.3 is 4.74 Å². The van der Waals surface area contributed by atoms with Crippen molar-refractivity contribution < 1.29 is 9.53 Å². The zero-order valence-corrected chi connectivity index (χ0v) is 8.41. The molecule has 0 amide bonds. The first-order valence-corrected chi connectivity index (χ1v) is 4.31. The Kier molecular flexibility index (Phi) is 3.40. The van der Waals surface area contributed by atoms with Crippen LogP contribution in [0.3, 0.4) is 0 Å². The van der Waals surface area contributed by atoms with Gasteiger partial charge in [-0.3, -0.25) is 4.79 Å². The lowest BCUT2D eigenvalue weighted by molar-refractivity contribution is -0.114. The van der Waals surface area contributed by atoms with E-state index in [0.717, 1.165) is 5.56 Å². The fraction of sp³-hybridized carbons (Fsp3) is 0.273. The van der Waals surface area contributed by atoms with Crippen molar-refractivity contribution in [2.45, 2.75) is 13.3 Å². The number of carbonyl (C=O) groups is 1. The van der Waals surface area contributed by atoms with Gasteiger partial charge in [0.1, 0.15) is 0 Å². The molecule has 0 fully saturated rings. The molecule has 0 aromatic carbocycles. The fourth-order valence-electron chi connectivity index (χ4n) is 0.973. The van der Waals surface area contributed by atoms with Crippen LogP contribution in [0.25, 0.3) is 0 Å². The minimum Gasteiger partial charge on any atom is -0.481 e. The molecular formula is C11H13NO2. The third-order valence-electron chi connectivity index (χ3n) is 1.85. The Bertz CT molecular complexity index is 341. The van der Waals surface area contributed by atoms with Gasteiger partial charge in [0.25, 0.3) is 0 Å². The van der Waals surface area contributed by atoms with Crippen LogP contribution in [0.1, 0.15) is 12.5 Å². The van der Waals surface area contributed by atoms with Gasteiger partial charge in [-0.1, -0.05) is 12.6 Å². The normalized spacial score (nSPS) is 9.57. The zero-order chi connectivity index (χ0) is 10.6. The van der Waals surface area contributed by atoms with Crippen molar-refractivity contribution in [2.24, 2.45) is 0 Å². The molecule has 0 unspecified atom stereocenters. The van der Waals surface area contributed by atoms with Gasteiger partial charge in [-0.15, -0.1) is 0 Å². The lowest BCUT2D eigenvalue weighted by Crippen LogP contribution is -2.03. The van der Waals surface area contributed by atoms with Gasteiger partial charge in [0.15, 0.2) is 5.78 Å². The van der Waals surface area contributed by atoms with E-state index in [2.05, 4.69) is 11.6 Å². The van der Waals surface area contributed by atoms with Gasteiger partial charge >= 0.3 is 0 Å². The Hall–Kier alpha value is -1.64. The highest BCUT2D eigenvalue weighted by atomic mass is 16.5. The van der Waals surface area contributed by atoms with Crippen LogP contribution >= 0.6 is 0 Å². The first kappa shape index (κ1) is 10.4. The Labute approximate surface area is 83.4 Å².